The Labute approximate surface area is 99.9 Å². The third-order valence-electron chi connectivity index (χ3n) is 2.70. The van der Waals surface area contributed by atoms with Crippen LogP contribution in [0.3, 0.4) is 0 Å². The van der Waals surface area contributed by atoms with Crippen molar-refractivity contribution in [3.63, 3.8) is 0 Å². The predicted octanol–water partition coefficient (Wildman–Crippen LogP) is 3.54. The van der Waals surface area contributed by atoms with Crippen molar-refractivity contribution in [3.05, 3.63) is 66.9 Å². The molecule has 0 saturated heterocycles. The molecule has 1 heterocycles. The molecule has 3 rings (SSSR count). The summed E-state index contributed by atoms with van der Waals surface area (Å²) in [6.07, 6.45) is 1.83. The second kappa shape index (κ2) is 4.26. The molecule has 0 aliphatic heterocycles. The molecule has 1 N–H and O–H groups in total. The lowest BCUT2D eigenvalue weighted by Gasteiger charge is -2.03. The van der Waals surface area contributed by atoms with Gasteiger partial charge in [0.05, 0.1) is 5.69 Å². The van der Waals surface area contributed by atoms with Gasteiger partial charge in [0.25, 0.3) is 0 Å². The summed E-state index contributed by atoms with van der Waals surface area (Å²) in [7, 11) is 0. The summed E-state index contributed by atoms with van der Waals surface area (Å²) in [6, 6.07) is 21.4. The minimum atomic E-state index is 0.965. The Morgan fingerprint density at radius 1 is 0.941 bits per heavy atom. The standard InChI is InChI=1S/C15H11N2/c1-2-5-12(6-3-1)13-7-4-8-14(11-13)15-9-10-16-17-15/h1-2,4-11H,(H,16,17). The molecule has 0 unspecified atom stereocenters. The molecule has 0 spiro atoms. The summed E-state index contributed by atoms with van der Waals surface area (Å²) < 4.78 is 0. The fourth-order valence-electron chi connectivity index (χ4n) is 1.85. The fourth-order valence-corrected chi connectivity index (χ4v) is 1.85. The van der Waals surface area contributed by atoms with Crippen molar-refractivity contribution in [1.29, 1.82) is 0 Å². The minimum absolute atomic E-state index is 0.965. The Bertz CT molecular complexity index is 598. The number of benzene rings is 2. The molecule has 0 aliphatic carbocycles. The molecule has 1 radical (unpaired) electrons. The summed E-state index contributed by atoms with van der Waals surface area (Å²) >= 11 is 0. The van der Waals surface area contributed by atoms with Crippen LogP contribution in [0.1, 0.15) is 0 Å². The normalized spacial score (nSPS) is 10.4. The SMILES string of the molecule is [c]1cccc(-c2cccc(-c3cc[nH]n3)c2)c1. The molecule has 2 heteroatoms. The van der Waals surface area contributed by atoms with Crippen molar-refractivity contribution in [2.24, 2.45) is 0 Å². The van der Waals surface area contributed by atoms with Crippen LogP contribution in [0.15, 0.2) is 60.8 Å². The van der Waals surface area contributed by atoms with Gasteiger partial charge < -0.3 is 0 Å². The summed E-state index contributed by atoms with van der Waals surface area (Å²) in [5.41, 5.74) is 4.44. The zero-order chi connectivity index (χ0) is 11.5. The Hall–Kier alpha value is -2.35. The van der Waals surface area contributed by atoms with E-state index in [9.17, 15) is 0 Å². The van der Waals surface area contributed by atoms with E-state index >= 15 is 0 Å². The van der Waals surface area contributed by atoms with Gasteiger partial charge in [0.1, 0.15) is 0 Å². The second-order valence-corrected chi connectivity index (χ2v) is 3.83. The Morgan fingerprint density at radius 3 is 2.59 bits per heavy atom. The van der Waals surface area contributed by atoms with Gasteiger partial charge in [-0.15, -0.1) is 0 Å². The molecular weight excluding hydrogens is 208 g/mol. The molecule has 81 valence electrons. The lowest BCUT2D eigenvalue weighted by molar-refractivity contribution is 1.10. The number of aromatic nitrogens is 2. The number of aromatic amines is 1. The van der Waals surface area contributed by atoms with Crippen LogP contribution < -0.4 is 0 Å². The zero-order valence-electron chi connectivity index (χ0n) is 9.22. The van der Waals surface area contributed by atoms with Gasteiger partial charge in [-0.2, -0.15) is 5.10 Å². The number of rotatable bonds is 2. The van der Waals surface area contributed by atoms with Crippen LogP contribution in [0, 0.1) is 6.07 Å². The van der Waals surface area contributed by atoms with E-state index in [0.717, 1.165) is 11.3 Å². The predicted molar refractivity (Wildman–Crippen MR) is 68.3 cm³/mol. The molecule has 0 saturated carbocycles. The highest BCUT2D eigenvalue weighted by molar-refractivity contribution is 5.71. The van der Waals surface area contributed by atoms with Crippen LogP contribution in [0.25, 0.3) is 22.4 Å². The lowest BCUT2D eigenvalue weighted by atomic mass is 10.0. The molecule has 0 amide bonds. The first-order valence-electron chi connectivity index (χ1n) is 5.50. The fraction of sp³-hybridized carbons (Fsp3) is 0. The highest BCUT2D eigenvalue weighted by Crippen LogP contribution is 2.24. The molecule has 3 aromatic rings. The van der Waals surface area contributed by atoms with Crippen LogP contribution in [0.5, 0.6) is 0 Å². The van der Waals surface area contributed by atoms with Crippen LogP contribution in [-0.2, 0) is 0 Å². The first kappa shape index (κ1) is 9.85. The van der Waals surface area contributed by atoms with Crippen molar-refractivity contribution < 1.29 is 0 Å². The van der Waals surface area contributed by atoms with Crippen molar-refractivity contribution in [2.75, 3.05) is 0 Å². The largest absolute Gasteiger partial charge is 0.285 e. The monoisotopic (exact) mass is 219 g/mol. The van der Waals surface area contributed by atoms with Crippen molar-refractivity contribution in [1.82, 2.24) is 10.2 Å². The summed E-state index contributed by atoms with van der Waals surface area (Å²) in [4.78, 5) is 0. The molecule has 0 fully saturated rings. The molecule has 0 bridgehead atoms. The molecule has 0 atom stereocenters. The van der Waals surface area contributed by atoms with Gasteiger partial charge in [-0.1, -0.05) is 36.4 Å². The smallest absolute Gasteiger partial charge is 0.0920 e. The van der Waals surface area contributed by atoms with Gasteiger partial charge in [0.15, 0.2) is 0 Å². The molecule has 2 nitrogen and oxygen atoms in total. The summed E-state index contributed by atoms with van der Waals surface area (Å²) in [6.45, 7) is 0. The van der Waals surface area contributed by atoms with E-state index in [2.05, 4.69) is 40.5 Å². The van der Waals surface area contributed by atoms with Gasteiger partial charge in [-0.25, -0.2) is 0 Å². The first-order valence-corrected chi connectivity index (χ1v) is 5.50. The molecule has 17 heavy (non-hydrogen) atoms. The van der Waals surface area contributed by atoms with Crippen LogP contribution in [0.2, 0.25) is 0 Å². The number of H-pyrrole nitrogens is 1. The maximum Gasteiger partial charge on any atom is 0.0920 e. The minimum Gasteiger partial charge on any atom is -0.285 e. The quantitative estimate of drug-likeness (QED) is 0.701. The van der Waals surface area contributed by atoms with E-state index in [4.69, 9.17) is 0 Å². The van der Waals surface area contributed by atoms with Crippen LogP contribution >= 0.6 is 0 Å². The average molecular weight is 219 g/mol. The molecule has 1 aromatic heterocycles. The second-order valence-electron chi connectivity index (χ2n) is 3.83. The topological polar surface area (TPSA) is 28.7 Å². The van der Waals surface area contributed by atoms with Crippen LogP contribution in [-0.4, -0.2) is 10.2 Å². The summed E-state index contributed by atoms with van der Waals surface area (Å²) in [5, 5.41) is 7.02. The Kier molecular flexibility index (Phi) is 2.47. The maximum atomic E-state index is 4.19. The number of nitrogens with zero attached hydrogens (tertiary/aromatic N) is 1. The van der Waals surface area contributed by atoms with E-state index in [1.165, 1.54) is 11.1 Å². The molecule has 2 aromatic carbocycles. The lowest BCUT2D eigenvalue weighted by Crippen LogP contribution is -1.81. The van der Waals surface area contributed by atoms with Gasteiger partial charge >= 0.3 is 0 Å². The molecular formula is C15H11N2. The van der Waals surface area contributed by atoms with E-state index in [1.807, 2.05) is 36.5 Å². The van der Waals surface area contributed by atoms with Crippen molar-refractivity contribution in [2.45, 2.75) is 0 Å². The number of hydrogen-bond acceptors (Lipinski definition) is 1. The van der Waals surface area contributed by atoms with E-state index in [-0.39, 0.29) is 0 Å². The van der Waals surface area contributed by atoms with E-state index in [0.29, 0.717) is 0 Å². The third-order valence-corrected chi connectivity index (χ3v) is 2.70. The van der Waals surface area contributed by atoms with Crippen LogP contribution in [0.4, 0.5) is 0 Å². The average Bonchev–Trinajstić information content (AvgIpc) is 2.94. The van der Waals surface area contributed by atoms with Gasteiger partial charge in [0, 0.05) is 11.8 Å². The number of nitrogens with one attached hydrogen (secondary N) is 1. The zero-order valence-corrected chi connectivity index (χ0v) is 9.22. The Morgan fingerprint density at radius 2 is 1.82 bits per heavy atom. The summed E-state index contributed by atoms with van der Waals surface area (Å²) in [5.74, 6) is 0. The highest BCUT2D eigenvalue weighted by atomic mass is 15.1. The molecule has 0 aliphatic rings. The van der Waals surface area contributed by atoms with E-state index < -0.39 is 0 Å². The third kappa shape index (κ3) is 1.97. The Balaban J connectivity index is 2.06. The highest BCUT2D eigenvalue weighted by Gasteiger charge is 2.02. The van der Waals surface area contributed by atoms with Crippen molar-refractivity contribution in [3.8, 4) is 22.4 Å². The van der Waals surface area contributed by atoms with E-state index in [1.54, 1.807) is 0 Å². The van der Waals surface area contributed by atoms with Gasteiger partial charge in [-0.3, -0.25) is 5.10 Å². The maximum absolute atomic E-state index is 4.19. The first-order chi connectivity index (χ1) is 8.43. The van der Waals surface area contributed by atoms with Gasteiger partial charge in [0.2, 0.25) is 0 Å². The number of hydrogen-bond donors (Lipinski definition) is 1. The van der Waals surface area contributed by atoms with Gasteiger partial charge in [-0.05, 0) is 35.4 Å². The van der Waals surface area contributed by atoms with Crippen molar-refractivity contribution >= 4 is 0 Å².